The third-order valence-electron chi connectivity index (χ3n) is 3.52. The van der Waals surface area contributed by atoms with E-state index in [0.29, 0.717) is 17.1 Å². The van der Waals surface area contributed by atoms with Crippen molar-refractivity contribution in [3.63, 3.8) is 0 Å². The minimum absolute atomic E-state index is 0.192. The lowest BCUT2D eigenvalue weighted by atomic mass is 9.92. The molecule has 5 heteroatoms. The molecule has 0 aliphatic rings. The maximum Gasteiger partial charge on any atom is 0.308 e. The van der Waals surface area contributed by atoms with Crippen molar-refractivity contribution in [3.05, 3.63) is 65.2 Å². The Labute approximate surface area is 140 Å². The van der Waals surface area contributed by atoms with Crippen LogP contribution in [0.15, 0.2) is 54.1 Å². The van der Waals surface area contributed by atoms with Gasteiger partial charge in [0.25, 0.3) is 0 Å². The Morgan fingerprint density at radius 3 is 1.67 bits per heavy atom. The van der Waals surface area contributed by atoms with Gasteiger partial charge in [0, 0.05) is 11.1 Å². The van der Waals surface area contributed by atoms with Crippen LogP contribution in [0.4, 0.5) is 0 Å². The minimum Gasteiger partial charge on any atom is -0.497 e. The van der Waals surface area contributed by atoms with Gasteiger partial charge in [0.2, 0.25) is 0 Å². The number of carboxylic acids is 1. The zero-order valence-electron chi connectivity index (χ0n) is 13.4. The predicted octanol–water partition coefficient (Wildman–Crippen LogP) is 3.50. The lowest BCUT2D eigenvalue weighted by Gasteiger charge is -2.12. The molecule has 5 nitrogen and oxygen atoms in total. The fourth-order valence-corrected chi connectivity index (χ4v) is 2.37. The summed E-state index contributed by atoms with van der Waals surface area (Å²) in [5, 5.41) is 18.5. The van der Waals surface area contributed by atoms with Gasteiger partial charge in [-0.1, -0.05) is 24.3 Å². The summed E-state index contributed by atoms with van der Waals surface area (Å²) >= 11 is 0. The van der Waals surface area contributed by atoms with Crippen molar-refractivity contribution in [1.29, 1.82) is 5.26 Å². The molecule has 122 valence electrons. The zero-order valence-corrected chi connectivity index (χ0v) is 13.4. The highest BCUT2D eigenvalue weighted by molar-refractivity contribution is 5.88. The number of methoxy groups -OCH3 is 2. The molecule has 2 aromatic rings. The second-order valence-electron chi connectivity index (χ2n) is 4.99. The largest absolute Gasteiger partial charge is 0.497 e. The summed E-state index contributed by atoms with van der Waals surface area (Å²) in [6.45, 7) is 0. The van der Waals surface area contributed by atoms with E-state index in [1.165, 1.54) is 0 Å². The number of aliphatic carboxylic acids is 1. The van der Waals surface area contributed by atoms with Crippen molar-refractivity contribution < 1.29 is 19.4 Å². The van der Waals surface area contributed by atoms with Gasteiger partial charge >= 0.3 is 5.97 Å². The van der Waals surface area contributed by atoms with Crippen molar-refractivity contribution in [2.75, 3.05) is 14.2 Å². The molecule has 0 aliphatic carbocycles. The van der Waals surface area contributed by atoms with Crippen LogP contribution in [-0.4, -0.2) is 25.3 Å². The van der Waals surface area contributed by atoms with Gasteiger partial charge in [0.05, 0.1) is 26.7 Å². The predicted molar refractivity (Wildman–Crippen MR) is 89.9 cm³/mol. The van der Waals surface area contributed by atoms with Crippen LogP contribution in [-0.2, 0) is 4.79 Å². The molecule has 0 radical (unpaired) electrons. The zero-order chi connectivity index (χ0) is 17.5. The third-order valence-corrected chi connectivity index (χ3v) is 3.52. The van der Waals surface area contributed by atoms with Crippen LogP contribution in [0.3, 0.4) is 0 Å². The van der Waals surface area contributed by atoms with Gasteiger partial charge in [-0.05, 0) is 35.4 Å². The maximum atomic E-state index is 11.1. The fourth-order valence-electron chi connectivity index (χ4n) is 2.37. The molecule has 0 aromatic heterocycles. The first-order valence-electron chi connectivity index (χ1n) is 7.23. The molecule has 0 heterocycles. The molecule has 0 saturated carbocycles. The Morgan fingerprint density at radius 1 is 0.958 bits per heavy atom. The Hall–Kier alpha value is -3.26. The van der Waals surface area contributed by atoms with Crippen LogP contribution in [0.25, 0.3) is 5.57 Å². The summed E-state index contributed by atoms with van der Waals surface area (Å²) in [5.41, 5.74) is 2.28. The Balaban J connectivity index is 2.60. The second-order valence-corrected chi connectivity index (χ2v) is 4.99. The van der Waals surface area contributed by atoms with E-state index < -0.39 is 5.97 Å². The number of carbonyl (C=O) groups is 1. The second kappa shape index (κ2) is 7.84. The monoisotopic (exact) mass is 323 g/mol. The standard InChI is InChI=1S/C19H17NO4/c1-23-16-7-3-13(4-8-16)19(15(12-20)11-18(21)22)14-5-9-17(24-2)10-6-14/h3-10H,11H2,1-2H3,(H,21,22). The van der Waals surface area contributed by atoms with Crippen LogP contribution >= 0.6 is 0 Å². The van der Waals surface area contributed by atoms with E-state index in [4.69, 9.17) is 14.6 Å². The van der Waals surface area contributed by atoms with Crippen molar-refractivity contribution in [1.82, 2.24) is 0 Å². The molecule has 2 rings (SSSR count). The average molecular weight is 323 g/mol. The molecule has 0 atom stereocenters. The number of carboxylic acid groups (broad SMARTS) is 1. The third kappa shape index (κ3) is 3.93. The number of nitriles is 1. The van der Waals surface area contributed by atoms with Crippen molar-refractivity contribution in [2.24, 2.45) is 0 Å². The molecular formula is C19H17NO4. The molecule has 0 spiro atoms. The maximum absolute atomic E-state index is 11.1. The molecule has 0 aliphatic heterocycles. The molecule has 24 heavy (non-hydrogen) atoms. The average Bonchev–Trinajstić information content (AvgIpc) is 2.62. The van der Waals surface area contributed by atoms with Crippen LogP contribution in [0.5, 0.6) is 11.5 Å². The van der Waals surface area contributed by atoms with Crippen LogP contribution < -0.4 is 9.47 Å². The van der Waals surface area contributed by atoms with Gasteiger partial charge in [-0.15, -0.1) is 0 Å². The van der Waals surface area contributed by atoms with E-state index in [1.54, 1.807) is 62.8 Å². The number of benzene rings is 2. The molecular weight excluding hydrogens is 306 g/mol. The summed E-state index contributed by atoms with van der Waals surface area (Å²) < 4.78 is 10.3. The van der Waals surface area contributed by atoms with Crippen LogP contribution in [0, 0.1) is 11.3 Å². The number of hydrogen-bond acceptors (Lipinski definition) is 4. The summed E-state index contributed by atoms with van der Waals surface area (Å²) in [4.78, 5) is 11.1. The lowest BCUT2D eigenvalue weighted by molar-refractivity contribution is -0.136. The summed E-state index contributed by atoms with van der Waals surface area (Å²) in [6.07, 6.45) is -0.343. The highest BCUT2D eigenvalue weighted by atomic mass is 16.5. The van der Waals surface area contributed by atoms with E-state index in [2.05, 4.69) is 0 Å². The van der Waals surface area contributed by atoms with Crippen LogP contribution in [0.1, 0.15) is 17.5 Å². The summed E-state index contributed by atoms with van der Waals surface area (Å²) in [6, 6.07) is 16.3. The molecule has 0 amide bonds. The van der Waals surface area contributed by atoms with Gasteiger partial charge in [-0.3, -0.25) is 4.79 Å². The molecule has 0 fully saturated rings. The number of hydrogen-bond donors (Lipinski definition) is 1. The van der Waals surface area contributed by atoms with E-state index in [1.807, 2.05) is 6.07 Å². The molecule has 2 aromatic carbocycles. The molecule has 0 unspecified atom stereocenters. The highest BCUT2D eigenvalue weighted by Gasteiger charge is 2.15. The van der Waals surface area contributed by atoms with E-state index in [0.717, 1.165) is 11.1 Å². The first-order chi connectivity index (χ1) is 11.6. The first kappa shape index (κ1) is 17.1. The minimum atomic E-state index is -1.05. The first-order valence-corrected chi connectivity index (χ1v) is 7.23. The normalized spacial score (nSPS) is 9.71. The fraction of sp³-hybridized carbons (Fsp3) is 0.158. The quantitative estimate of drug-likeness (QED) is 0.823. The molecule has 0 saturated heterocycles. The Bertz CT molecular complexity index is 734. The van der Waals surface area contributed by atoms with Crippen molar-refractivity contribution >= 4 is 11.5 Å². The Morgan fingerprint density at radius 2 is 1.38 bits per heavy atom. The van der Waals surface area contributed by atoms with Gasteiger partial charge in [-0.2, -0.15) is 5.26 Å². The van der Waals surface area contributed by atoms with Crippen LogP contribution in [0.2, 0.25) is 0 Å². The number of rotatable bonds is 6. The summed E-state index contributed by atoms with van der Waals surface area (Å²) in [7, 11) is 3.14. The topological polar surface area (TPSA) is 79.5 Å². The van der Waals surface area contributed by atoms with E-state index in [-0.39, 0.29) is 12.0 Å². The molecule has 0 bridgehead atoms. The van der Waals surface area contributed by atoms with Gasteiger partial charge < -0.3 is 14.6 Å². The number of ether oxygens (including phenoxy) is 2. The molecule has 1 N–H and O–H groups in total. The van der Waals surface area contributed by atoms with Crippen molar-refractivity contribution in [3.8, 4) is 17.6 Å². The van der Waals surface area contributed by atoms with E-state index >= 15 is 0 Å². The SMILES string of the molecule is COc1ccc(C(=C(C#N)CC(=O)O)c2ccc(OC)cc2)cc1. The van der Waals surface area contributed by atoms with E-state index in [9.17, 15) is 10.1 Å². The Kier molecular flexibility index (Phi) is 5.58. The lowest BCUT2D eigenvalue weighted by Crippen LogP contribution is -2.01. The van der Waals surface area contributed by atoms with Gasteiger partial charge in [0.1, 0.15) is 11.5 Å². The van der Waals surface area contributed by atoms with Gasteiger partial charge in [-0.25, -0.2) is 0 Å². The smallest absolute Gasteiger partial charge is 0.308 e. The highest BCUT2D eigenvalue weighted by Crippen LogP contribution is 2.30. The number of nitrogens with zero attached hydrogens (tertiary/aromatic N) is 1. The summed E-state index contributed by atoms with van der Waals surface area (Å²) in [5.74, 6) is 0.320. The van der Waals surface area contributed by atoms with Crippen molar-refractivity contribution in [2.45, 2.75) is 6.42 Å². The van der Waals surface area contributed by atoms with Gasteiger partial charge in [0.15, 0.2) is 0 Å².